The van der Waals surface area contributed by atoms with Gasteiger partial charge in [0.25, 0.3) is 0 Å². The molecule has 0 fully saturated rings. The molecule has 0 saturated carbocycles. The average molecular weight is 405 g/mol. The Labute approximate surface area is 177 Å². The first-order valence-corrected chi connectivity index (χ1v) is 10.2. The smallest absolute Gasteiger partial charge is 0.342 e. The van der Waals surface area contributed by atoms with E-state index in [1.165, 1.54) is 0 Å². The second-order valence-corrected chi connectivity index (χ2v) is 7.06. The first-order valence-electron chi connectivity index (χ1n) is 10.2. The molecule has 2 aromatic carbocycles. The molecule has 0 unspecified atom stereocenters. The number of para-hydroxylation sites is 1. The van der Waals surface area contributed by atoms with Gasteiger partial charge in [-0.1, -0.05) is 43.7 Å². The van der Waals surface area contributed by atoms with Crippen molar-refractivity contribution in [3.63, 3.8) is 0 Å². The summed E-state index contributed by atoms with van der Waals surface area (Å²) in [7, 11) is 0. The maximum Gasteiger partial charge on any atom is 0.342 e. The van der Waals surface area contributed by atoms with Crippen LogP contribution in [0.5, 0.6) is 17.2 Å². The molecule has 0 aliphatic heterocycles. The van der Waals surface area contributed by atoms with Crippen LogP contribution in [0.2, 0.25) is 0 Å². The van der Waals surface area contributed by atoms with Crippen molar-refractivity contribution >= 4 is 5.97 Å². The molecular formula is C25H27NO4. The van der Waals surface area contributed by atoms with Crippen LogP contribution in [0.4, 0.5) is 0 Å². The highest BCUT2D eigenvalue weighted by Crippen LogP contribution is 2.30. The van der Waals surface area contributed by atoms with E-state index in [1.807, 2.05) is 61.5 Å². The van der Waals surface area contributed by atoms with E-state index in [4.69, 9.17) is 9.47 Å². The van der Waals surface area contributed by atoms with Crippen LogP contribution in [-0.4, -0.2) is 22.7 Å². The Hall–Kier alpha value is -3.34. The van der Waals surface area contributed by atoms with Gasteiger partial charge in [0.05, 0.1) is 12.3 Å². The lowest BCUT2D eigenvalue weighted by molar-refractivity contribution is 0.0521. The molecule has 1 aromatic heterocycles. The van der Waals surface area contributed by atoms with Crippen molar-refractivity contribution in [2.75, 3.05) is 6.61 Å². The van der Waals surface area contributed by atoms with E-state index in [0.29, 0.717) is 24.1 Å². The number of esters is 1. The minimum absolute atomic E-state index is 0.0716. The SMILES string of the molecule is CCCc1nc(Cc2cccc(Oc3ccccc3)c2)c(C)c(C(=O)OCC)c1O. The number of aryl methyl sites for hydroxylation is 1. The normalized spacial score (nSPS) is 10.6. The van der Waals surface area contributed by atoms with Crippen LogP contribution < -0.4 is 4.74 Å². The van der Waals surface area contributed by atoms with Crippen molar-refractivity contribution < 1.29 is 19.4 Å². The molecule has 0 atom stereocenters. The third-order valence-electron chi connectivity index (χ3n) is 4.80. The molecule has 3 aromatic rings. The lowest BCUT2D eigenvalue weighted by Crippen LogP contribution is -2.12. The Morgan fingerprint density at radius 2 is 1.73 bits per heavy atom. The molecule has 1 N–H and O–H groups in total. The summed E-state index contributed by atoms with van der Waals surface area (Å²) in [5.74, 6) is 0.908. The van der Waals surface area contributed by atoms with E-state index < -0.39 is 5.97 Å². The van der Waals surface area contributed by atoms with Crippen molar-refractivity contribution in [1.82, 2.24) is 4.98 Å². The lowest BCUT2D eigenvalue weighted by Gasteiger charge is -2.16. The maximum absolute atomic E-state index is 12.5. The molecule has 0 amide bonds. The highest BCUT2D eigenvalue weighted by Gasteiger charge is 2.23. The van der Waals surface area contributed by atoms with Gasteiger partial charge in [0.2, 0.25) is 0 Å². The second kappa shape index (κ2) is 9.92. The summed E-state index contributed by atoms with van der Waals surface area (Å²) >= 11 is 0. The Kier molecular flexibility index (Phi) is 7.07. The van der Waals surface area contributed by atoms with Gasteiger partial charge in [-0.05, 0) is 55.7 Å². The first kappa shape index (κ1) is 21.4. The third-order valence-corrected chi connectivity index (χ3v) is 4.80. The number of aromatic hydroxyl groups is 1. The predicted octanol–water partition coefficient (Wildman–Crippen LogP) is 5.61. The molecule has 5 heteroatoms. The van der Waals surface area contributed by atoms with Gasteiger partial charge in [-0.15, -0.1) is 0 Å². The Balaban J connectivity index is 1.94. The summed E-state index contributed by atoms with van der Waals surface area (Å²) in [6.45, 7) is 5.80. The molecular weight excluding hydrogens is 378 g/mol. The third kappa shape index (κ3) is 4.98. The molecule has 3 rings (SSSR count). The monoisotopic (exact) mass is 405 g/mol. The zero-order valence-electron chi connectivity index (χ0n) is 17.6. The molecule has 1 heterocycles. The molecule has 156 valence electrons. The molecule has 5 nitrogen and oxygen atoms in total. The van der Waals surface area contributed by atoms with E-state index in [1.54, 1.807) is 13.8 Å². The summed E-state index contributed by atoms with van der Waals surface area (Å²) in [5.41, 5.74) is 3.12. The number of rotatable bonds is 8. The van der Waals surface area contributed by atoms with Crippen LogP contribution >= 0.6 is 0 Å². The van der Waals surface area contributed by atoms with Crippen LogP contribution in [0.3, 0.4) is 0 Å². The highest BCUT2D eigenvalue weighted by molar-refractivity contribution is 5.94. The summed E-state index contributed by atoms with van der Waals surface area (Å²) in [6, 6.07) is 17.4. The fourth-order valence-corrected chi connectivity index (χ4v) is 3.34. The summed E-state index contributed by atoms with van der Waals surface area (Å²) in [6.07, 6.45) is 1.91. The van der Waals surface area contributed by atoms with E-state index in [0.717, 1.165) is 29.2 Å². The zero-order chi connectivity index (χ0) is 21.5. The lowest BCUT2D eigenvalue weighted by atomic mass is 9.98. The molecule has 0 radical (unpaired) electrons. The number of pyridine rings is 1. The van der Waals surface area contributed by atoms with Crippen molar-refractivity contribution in [1.29, 1.82) is 0 Å². The molecule has 30 heavy (non-hydrogen) atoms. The number of hydrogen-bond donors (Lipinski definition) is 1. The molecule has 0 bridgehead atoms. The number of carbonyl (C=O) groups excluding carboxylic acids is 1. The number of nitrogens with zero attached hydrogens (tertiary/aromatic N) is 1. The van der Waals surface area contributed by atoms with Gasteiger partial charge in [-0.2, -0.15) is 0 Å². The van der Waals surface area contributed by atoms with Crippen LogP contribution in [0.1, 0.15) is 53.1 Å². The van der Waals surface area contributed by atoms with Gasteiger partial charge in [-0.25, -0.2) is 4.79 Å². The van der Waals surface area contributed by atoms with Gasteiger partial charge >= 0.3 is 5.97 Å². The standard InChI is InChI=1S/C25H27NO4/c1-4-10-21-24(27)23(25(28)29-5-2)17(3)22(26-21)16-18-11-9-14-20(15-18)30-19-12-7-6-8-13-19/h6-9,11-15,27H,4-5,10,16H2,1-3H3. The number of ether oxygens (including phenoxy) is 2. The zero-order valence-corrected chi connectivity index (χ0v) is 17.6. The van der Waals surface area contributed by atoms with Crippen LogP contribution in [0.15, 0.2) is 54.6 Å². The van der Waals surface area contributed by atoms with E-state index in [9.17, 15) is 9.90 Å². The number of hydrogen-bond acceptors (Lipinski definition) is 5. The van der Waals surface area contributed by atoms with Crippen molar-refractivity contribution in [3.8, 4) is 17.2 Å². The van der Waals surface area contributed by atoms with Gasteiger partial charge in [0.1, 0.15) is 17.1 Å². The Morgan fingerprint density at radius 3 is 2.43 bits per heavy atom. The maximum atomic E-state index is 12.5. The van der Waals surface area contributed by atoms with Gasteiger partial charge in [0.15, 0.2) is 5.75 Å². The number of benzene rings is 2. The van der Waals surface area contributed by atoms with Gasteiger partial charge in [0, 0.05) is 12.1 Å². The molecule has 0 spiro atoms. The Morgan fingerprint density at radius 1 is 1.00 bits per heavy atom. The van der Waals surface area contributed by atoms with Crippen molar-refractivity contribution in [2.24, 2.45) is 0 Å². The predicted molar refractivity (Wildman–Crippen MR) is 116 cm³/mol. The van der Waals surface area contributed by atoms with Crippen molar-refractivity contribution in [2.45, 2.75) is 40.0 Å². The molecule has 0 aliphatic carbocycles. The topological polar surface area (TPSA) is 68.7 Å². The highest BCUT2D eigenvalue weighted by atomic mass is 16.5. The minimum atomic E-state index is -0.519. The number of aromatic nitrogens is 1. The summed E-state index contributed by atoms with van der Waals surface area (Å²) in [4.78, 5) is 17.1. The quantitative estimate of drug-likeness (QED) is 0.494. The van der Waals surface area contributed by atoms with E-state index >= 15 is 0 Å². The van der Waals surface area contributed by atoms with Crippen LogP contribution in [-0.2, 0) is 17.6 Å². The molecule has 0 saturated heterocycles. The van der Waals surface area contributed by atoms with Crippen molar-refractivity contribution in [3.05, 3.63) is 82.7 Å². The Bertz CT molecular complexity index is 1020. The number of carbonyl (C=O) groups is 1. The molecule has 0 aliphatic rings. The van der Waals surface area contributed by atoms with E-state index in [-0.39, 0.29) is 17.9 Å². The fourth-order valence-electron chi connectivity index (χ4n) is 3.34. The minimum Gasteiger partial charge on any atom is -0.505 e. The first-order chi connectivity index (χ1) is 14.5. The van der Waals surface area contributed by atoms with E-state index in [2.05, 4.69) is 4.98 Å². The van der Waals surface area contributed by atoms with Gasteiger partial charge < -0.3 is 14.6 Å². The summed E-state index contributed by atoms with van der Waals surface area (Å²) < 4.78 is 11.1. The fraction of sp³-hybridized carbons (Fsp3) is 0.280. The summed E-state index contributed by atoms with van der Waals surface area (Å²) in [5, 5.41) is 10.6. The van der Waals surface area contributed by atoms with Crippen LogP contribution in [0, 0.1) is 6.92 Å². The average Bonchev–Trinajstić information content (AvgIpc) is 2.73. The van der Waals surface area contributed by atoms with Crippen LogP contribution in [0.25, 0.3) is 0 Å². The second-order valence-electron chi connectivity index (χ2n) is 7.06. The van der Waals surface area contributed by atoms with Gasteiger partial charge in [-0.3, -0.25) is 4.98 Å². The largest absolute Gasteiger partial charge is 0.505 e.